The third kappa shape index (κ3) is 2.51. The predicted octanol–water partition coefficient (Wildman–Crippen LogP) is 5.88. The Kier molecular flexibility index (Phi) is 3.39. The molecule has 4 aromatic rings. The summed E-state index contributed by atoms with van der Waals surface area (Å²) in [4.78, 5) is 4.64. The lowest BCUT2D eigenvalue weighted by Gasteiger charge is -2.11. The lowest BCUT2D eigenvalue weighted by Crippen LogP contribution is -1.90. The zero-order valence-electron chi connectivity index (χ0n) is 13.0. The van der Waals surface area contributed by atoms with Gasteiger partial charge in [0, 0.05) is 17.1 Å². The normalized spacial score (nSPS) is 10.8. The fourth-order valence-corrected chi connectivity index (χ4v) is 3.07. The molecule has 0 bridgehead atoms. The number of hydrogen-bond acceptors (Lipinski definition) is 1. The summed E-state index contributed by atoms with van der Waals surface area (Å²) in [6, 6.07) is 27.6. The highest BCUT2D eigenvalue weighted by molar-refractivity contribution is 5.95. The predicted molar refractivity (Wildman–Crippen MR) is 97.4 cm³/mol. The molecule has 0 aliphatic heterocycles. The van der Waals surface area contributed by atoms with E-state index >= 15 is 0 Å². The molecule has 23 heavy (non-hydrogen) atoms. The minimum atomic E-state index is 1.06. The smallest absolute Gasteiger partial charge is 0.0782 e. The largest absolute Gasteiger partial charge is 0.256 e. The molecule has 4 rings (SSSR count). The summed E-state index contributed by atoms with van der Waals surface area (Å²) < 4.78 is 0. The minimum Gasteiger partial charge on any atom is -0.256 e. The Balaban J connectivity index is 1.87. The van der Waals surface area contributed by atoms with Crippen molar-refractivity contribution in [2.45, 2.75) is 6.92 Å². The van der Waals surface area contributed by atoms with E-state index < -0.39 is 0 Å². The van der Waals surface area contributed by atoms with Crippen LogP contribution < -0.4 is 0 Å². The zero-order valence-corrected chi connectivity index (χ0v) is 13.0. The Morgan fingerprint density at radius 1 is 0.696 bits per heavy atom. The molecule has 0 unspecified atom stereocenters. The van der Waals surface area contributed by atoms with Gasteiger partial charge in [-0.3, -0.25) is 4.98 Å². The maximum absolute atomic E-state index is 4.64. The van der Waals surface area contributed by atoms with Gasteiger partial charge >= 0.3 is 0 Å². The van der Waals surface area contributed by atoms with Crippen LogP contribution in [-0.2, 0) is 0 Å². The van der Waals surface area contributed by atoms with Gasteiger partial charge in [-0.2, -0.15) is 0 Å². The van der Waals surface area contributed by atoms with Gasteiger partial charge in [0.25, 0.3) is 0 Å². The maximum atomic E-state index is 4.64. The molecule has 0 fully saturated rings. The number of benzene rings is 3. The number of fused-ring (bicyclic) bond motifs is 1. The maximum Gasteiger partial charge on any atom is 0.0782 e. The fraction of sp³-hybridized carbons (Fsp3) is 0.0455. The first-order valence-corrected chi connectivity index (χ1v) is 7.83. The molecule has 0 amide bonds. The van der Waals surface area contributed by atoms with Gasteiger partial charge in [0.15, 0.2) is 0 Å². The number of nitrogens with zero attached hydrogens (tertiary/aromatic N) is 1. The number of hydrogen-bond donors (Lipinski definition) is 0. The van der Waals surface area contributed by atoms with E-state index in [0.29, 0.717) is 0 Å². The van der Waals surface area contributed by atoms with Crippen LogP contribution in [0.3, 0.4) is 0 Å². The molecule has 1 aromatic heterocycles. The molecule has 0 saturated heterocycles. The highest BCUT2D eigenvalue weighted by Gasteiger charge is 2.09. The standard InChI is InChI=1S/C22H17N/c1-16-15-19(17-7-3-2-4-8-17)11-12-20(16)22-21-10-6-5-9-18(21)13-14-23-22/h2-15H,1H3. The Bertz CT molecular complexity index is 966. The summed E-state index contributed by atoms with van der Waals surface area (Å²) in [5.74, 6) is 0. The van der Waals surface area contributed by atoms with Crippen LogP contribution in [0, 0.1) is 6.92 Å². The SMILES string of the molecule is Cc1cc(-c2ccccc2)ccc1-c1nccc2ccccc12. The van der Waals surface area contributed by atoms with Crippen molar-refractivity contribution in [1.82, 2.24) is 4.98 Å². The average Bonchev–Trinajstić information content (AvgIpc) is 2.62. The Morgan fingerprint density at radius 2 is 1.48 bits per heavy atom. The molecule has 0 atom stereocenters. The topological polar surface area (TPSA) is 12.9 Å². The summed E-state index contributed by atoms with van der Waals surface area (Å²) in [7, 11) is 0. The lowest BCUT2D eigenvalue weighted by atomic mass is 9.96. The molecular weight excluding hydrogens is 278 g/mol. The van der Waals surface area contributed by atoms with Gasteiger partial charge in [0.2, 0.25) is 0 Å². The molecule has 0 aliphatic rings. The van der Waals surface area contributed by atoms with E-state index in [1.165, 1.54) is 33.0 Å². The van der Waals surface area contributed by atoms with E-state index in [1.54, 1.807) is 0 Å². The van der Waals surface area contributed by atoms with E-state index in [-0.39, 0.29) is 0 Å². The van der Waals surface area contributed by atoms with Crippen molar-refractivity contribution in [2.24, 2.45) is 0 Å². The molecule has 0 spiro atoms. The van der Waals surface area contributed by atoms with E-state index in [2.05, 4.69) is 84.7 Å². The monoisotopic (exact) mass is 295 g/mol. The molecule has 1 heterocycles. The van der Waals surface area contributed by atoms with Gasteiger partial charge in [-0.15, -0.1) is 0 Å². The van der Waals surface area contributed by atoms with Crippen molar-refractivity contribution < 1.29 is 0 Å². The average molecular weight is 295 g/mol. The van der Waals surface area contributed by atoms with Crippen LogP contribution in [0.25, 0.3) is 33.2 Å². The molecule has 0 radical (unpaired) electrons. The third-order valence-electron chi connectivity index (χ3n) is 4.26. The molecule has 0 N–H and O–H groups in total. The second-order valence-electron chi connectivity index (χ2n) is 5.78. The van der Waals surface area contributed by atoms with Crippen LogP contribution >= 0.6 is 0 Å². The van der Waals surface area contributed by atoms with Crippen LogP contribution in [0.4, 0.5) is 0 Å². The second kappa shape index (κ2) is 5.69. The van der Waals surface area contributed by atoms with Crippen molar-refractivity contribution in [3.63, 3.8) is 0 Å². The second-order valence-corrected chi connectivity index (χ2v) is 5.78. The summed E-state index contributed by atoms with van der Waals surface area (Å²) in [6.45, 7) is 2.16. The van der Waals surface area contributed by atoms with Crippen molar-refractivity contribution in [3.8, 4) is 22.4 Å². The van der Waals surface area contributed by atoms with Gasteiger partial charge in [0.1, 0.15) is 0 Å². The Labute approximate surface area is 136 Å². The van der Waals surface area contributed by atoms with Crippen LogP contribution in [0.2, 0.25) is 0 Å². The van der Waals surface area contributed by atoms with E-state index in [0.717, 1.165) is 5.69 Å². The zero-order chi connectivity index (χ0) is 15.6. The molecule has 1 nitrogen and oxygen atoms in total. The summed E-state index contributed by atoms with van der Waals surface area (Å²) >= 11 is 0. The summed E-state index contributed by atoms with van der Waals surface area (Å²) in [5.41, 5.74) is 5.98. The first kappa shape index (κ1) is 13.7. The molecule has 110 valence electrons. The lowest BCUT2D eigenvalue weighted by molar-refractivity contribution is 1.33. The van der Waals surface area contributed by atoms with Gasteiger partial charge in [-0.1, -0.05) is 72.8 Å². The van der Waals surface area contributed by atoms with Gasteiger partial charge < -0.3 is 0 Å². The first-order chi connectivity index (χ1) is 11.3. The number of aromatic nitrogens is 1. The van der Waals surface area contributed by atoms with Crippen LogP contribution in [0.5, 0.6) is 0 Å². The highest BCUT2D eigenvalue weighted by atomic mass is 14.7. The number of aryl methyl sites for hydroxylation is 1. The van der Waals surface area contributed by atoms with Crippen LogP contribution in [0.15, 0.2) is 85.1 Å². The van der Waals surface area contributed by atoms with Gasteiger partial charge in [-0.05, 0) is 35.1 Å². The fourth-order valence-electron chi connectivity index (χ4n) is 3.07. The minimum absolute atomic E-state index is 1.06. The number of rotatable bonds is 2. The van der Waals surface area contributed by atoms with Crippen molar-refractivity contribution in [2.75, 3.05) is 0 Å². The molecule has 3 aromatic carbocycles. The van der Waals surface area contributed by atoms with Gasteiger partial charge in [0.05, 0.1) is 5.69 Å². The van der Waals surface area contributed by atoms with E-state index in [9.17, 15) is 0 Å². The van der Waals surface area contributed by atoms with Crippen LogP contribution in [0.1, 0.15) is 5.56 Å². The van der Waals surface area contributed by atoms with Crippen LogP contribution in [-0.4, -0.2) is 4.98 Å². The molecule has 0 aliphatic carbocycles. The van der Waals surface area contributed by atoms with Gasteiger partial charge in [-0.25, -0.2) is 0 Å². The molecular formula is C22H17N. The highest BCUT2D eigenvalue weighted by Crippen LogP contribution is 2.31. The first-order valence-electron chi connectivity index (χ1n) is 7.83. The van der Waals surface area contributed by atoms with Crippen molar-refractivity contribution in [3.05, 3.63) is 90.6 Å². The van der Waals surface area contributed by atoms with E-state index in [4.69, 9.17) is 0 Å². The van der Waals surface area contributed by atoms with Crippen molar-refractivity contribution >= 4 is 10.8 Å². The summed E-state index contributed by atoms with van der Waals surface area (Å²) in [5, 5.41) is 2.43. The Morgan fingerprint density at radius 3 is 2.30 bits per heavy atom. The molecule has 1 heteroatoms. The third-order valence-corrected chi connectivity index (χ3v) is 4.26. The van der Waals surface area contributed by atoms with Crippen molar-refractivity contribution in [1.29, 1.82) is 0 Å². The quantitative estimate of drug-likeness (QED) is 0.450. The molecule has 0 saturated carbocycles. The van der Waals surface area contributed by atoms with E-state index in [1.807, 2.05) is 12.3 Å². The number of pyridine rings is 1. The summed E-state index contributed by atoms with van der Waals surface area (Å²) in [6.07, 6.45) is 1.89. The Hall–Kier alpha value is -2.93.